The van der Waals surface area contributed by atoms with Gasteiger partial charge < -0.3 is 24.8 Å². The summed E-state index contributed by atoms with van der Waals surface area (Å²) >= 11 is 0. The van der Waals surface area contributed by atoms with E-state index in [9.17, 15) is 9.59 Å². The van der Waals surface area contributed by atoms with Crippen LogP contribution in [0.3, 0.4) is 0 Å². The topological polar surface area (TPSA) is 85.9 Å². The fraction of sp³-hybridized carbons (Fsp3) is 0.300. The number of carbonyl (C=O) groups is 2. The van der Waals surface area contributed by atoms with Crippen molar-refractivity contribution in [3.8, 4) is 17.2 Å². The average molecular weight is 366 g/mol. The SMILES string of the molecule is O=C1COc2cc(C(=O)Nc3ccc4c(c3)OC3(CCCC3)O4)ccc2N1. The number of anilines is 2. The largest absolute Gasteiger partial charge is 0.482 e. The van der Waals surface area contributed by atoms with Gasteiger partial charge in [-0.1, -0.05) is 0 Å². The van der Waals surface area contributed by atoms with Gasteiger partial charge in [-0.25, -0.2) is 0 Å². The van der Waals surface area contributed by atoms with Gasteiger partial charge in [-0.3, -0.25) is 9.59 Å². The molecule has 5 rings (SSSR count). The van der Waals surface area contributed by atoms with Gasteiger partial charge in [0.25, 0.3) is 17.6 Å². The molecule has 1 spiro atoms. The molecule has 0 unspecified atom stereocenters. The third-order valence-corrected chi connectivity index (χ3v) is 5.04. The van der Waals surface area contributed by atoms with Crippen LogP contribution in [0.25, 0.3) is 0 Å². The first kappa shape index (κ1) is 16.0. The van der Waals surface area contributed by atoms with Crippen LogP contribution < -0.4 is 24.8 Å². The summed E-state index contributed by atoms with van der Waals surface area (Å²) < 4.78 is 17.4. The highest BCUT2D eigenvalue weighted by Gasteiger charge is 2.44. The average Bonchev–Trinajstić information content (AvgIpc) is 3.26. The molecule has 2 aromatic rings. The molecule has 0 bridgehead atoms. The van der Waals surface area contributed by atoms with Gasteiger partial charge in [-0.2, -0.15) is 0 Å². The van der Waals surface area contributed by atoms with Crippen LogP contribution in [0.5, 0.6) is 17.2 Å². The van der Waals surface area contributed by atoms with E-state index in [0.717, 1.165) is 25.7 Å². The number of amides is 2. The third-order valence-electron chi connectivity index (χ3n) is 5.04. The second kappa shape index (κ2) is 5.90. The van der Waals surface area contributed by atoms with Crippen molar-refractivity contribution < 1.29 is 23.8 Å². The molecule has 7 nitrogen and oxygen atoms in total. The smallest absolute Gasteiger partial charge is 0.262 e. The molecule has 1 saturated carbocycles. The van der Waals surface area contributed by atoms with Crippen molar-refractivity contribution in [2.75, 3.05) is 17.2 Å². The van der Waals surface area contributed by atoms with E-state index in [-0.39, 0.29) is 18.4 Å². The van der Waals surface area contributed by atoms with Crippen molar-refractivity contribution >= 4 is 23.2 Å². The normalized spacial score (nSPS) is 18.6. The Hall–Kier alpha value is -3.22. The number of carbonyl (C=O) groups excluding carboxylic acids is 2. The van der Waals surface area contributed by atoms with Crippen LogP contribution in [0, 0.1) is 0 Å². The number of benzene rings is 2. The predicted octanol–water partition coefficient (Wildman–Crippen LogP) is 3.31. The molecular formula is C20H18N2O5. The van der Waals surface area contributed by atoms with E-state index >= 15 is 0 Å². The minimum Gasteiger partial charge on any atom is -0.482 e. The van der Waals surface area contributed by atoms with Crippen LogP contribution in [0.2, 0.25) is 0 Å². The molecular weight excluding hydrogens is 348 g/mol. The van der Waals surface area contributed by atoms with E-state index in [1.54, 1.807) is 30.3 Å². The molecule has 2 aromatic carbocycles. The maximum Gasteiger partial charge on any atom is 0.262 e. The minimum atomic E-state index is -0.523. The van der Waals surface area contributed by atoms with Crippen molar-refractivity contribution in [2.24, 2.45) is 0 Å². The van der Waals surface area contributed by atoms with Gasteiger partial charge in [0.05, 0.1) is 5.69 Å². The second-order valence-electron chi connectivity index (χ2n) is 6.99. The number of hydrogen-bond donors (Lipinski definition) is 2. The fourth-order valence-corrected chi connectivity index (χ4v) is 3.71. The number of rotatable bonds is 2. The van der Waals surface area contributed by atoms with Crippen LogP contribution in [0.15, 0.2) is 36.4 Å². The van der Waals surface area contributed by atoms with Gasteiger partial charge >= 0.3 is 0 Å². The van der Waals surface area contributed by atoms with Gasteiger partial charge in [-0.15, -0.1) is 0 Å². The van der Waals surface area contributed by atoms with Crippen LogP contribution >= 0.6 is 0 Å². The highest BCUT2D eigenvalue weighted by Crippen LogP contribution is 2.47. The summed E-state index contributed by atoms with van der Waals surface area (Å²) in [6.07, 6.45) is 3.96. The zero-order chi connectivity index (χ0) is 18.4. The number of nitrogens with one attached hydrogen (secondary N) is 2. The van der Waals surface area contributed by atoms with E-state index in [1.165, 1.54) is 0 Å². The first-order valence-corrected chi connectivity index (χ1v) is 9.00. The summed E-state index contributed by atoms with van der Waals surface area (Å²) in [5, 5.41) is 5.57. The highest BCUT2D eigenvalue weighted by molar-refractivity contribution is 6.05. The molecule has 27 heavy (non-hydrogen) atoms. The minimum absolute atomic E-state index is 0.0536. The van der Waals surface area contributed by atoms with Crippen LogP contribution in [0.1, 0.15) is 36.0 Å². The molecule has 2 aliphatic heterocycles. The van der Waals surface area contributed by atoms with Crippen molar-refractivity contribution in [1.29, 1.82) is 0 Å². The van der Waals surface area contributed by atoms with Gasteiger partial charge in [0.15, 0.2) is 18.1 Å². The zero-order valence-corrected chi connectivity index (χ0v) is 14.5. The Balaban J connectivity index is 1.33. The summed E-state index contributed by atoms with van der Waals surface area (Å²) in [6, 6.07) is 10.3. The second-order valence-corrected chi connectivity index (χ2v) is 6.99. The van der Waals surface area contributed by atoms with Gasteiger partial charge in [-0.05, 0) is 43.2 Å². The summed E-state index contributed by atoms with van der Waals surface area (Å²) in [5.74, 6) is 0.855. The molecule has 0 aromatic heterocycles. The Morgan fingerprint density at radius 3 is 2.67 bits per heavy atom. The molecule has 1 fully saturated rings. The van der Waals surface area contributed by atoms with Crippen molar-refractivity contribution in [3.05, 3.63) is 42.0 Å². The highest BCUT2D eigenvalue weighted by atomic mass is 16.7. The monoisotopic (exact) mass is 366 g/mol. The first-order valence-electron chi connectivity index (χ1n) is 9.00. The molecule has 0 saturated heterocycles. The van der Waals surface area contributed by atoms with E-state index in [1.807, 2.05) is 6.07 Å². The Morgan fingerprint density at radius 1 is 1.00 bits per heavy atom. The molecule has 2 amide bonds. The first-order chi connectivity index (χ1) is 13.1. The summed E-state index contributed by atoms with van der Waals surface area (Å²) in [7, 11) is 0. The van der Waals surface area contributed by atoms with Crippen molar-refractivity contribution in [2.45, 2.75) is 31.5 Å². The maximum atomic E-state index is 12.6. The molecule has 2 heterocycles. The lowest BCUT2D eigenvalue weighted by Crippen LogP contribution is -2.34. The van der Waals surface area contributed by atoms with Crippen molar-refractivity contribution in [3.63, 3.8) is 0 Å². The number of fused-ring (bicyclic) bond motifs is 2. The van der Waals surface area contributed by atoms with Crippen molar-refractivity contribution in [1.82, 2.24) is 0 Å². The summed E-state index contributed by atoms with van der Waals surface area (Å²) in [6.45, 7) is -0.0536. The Morgan fingerprint density at radius 2 is 1.81 bits per heavy atom. The number of ether oxygens (including phenoxy) is 3. The van der Waals surface area contributed by atoms with E-state index in [2.05, 4.69) is 10.6 Å². The summed E-state index contributed by atoms with van der Waals surface area (Å²) in [4.78, 5) is 23.9. The third kappa shape index (κ3) is 2.85. The van der Waals surface area contributed by atoms with Crippen LogP contribution in [-0.4, -0.2) is 24.2 Å². The van der Waals surface area contributed by atoms with E-state index in [4.69, 9.17) is 14.2 Å². The molecule has 7 heteroatoms. The van der Waals surface area contributed by atoms with Gasteiger partial charge in [0, 0.05) is 30.2 Å². The van der Waals surface area contributed by atoms with Gasteiger partial charge in [0.2, 0.25) is 0 Å². The lowest BCUT2D eigenvalue weighted by molar-refractivity contribution is -0.118. The predicted molar refractivity (Wildman–Crippen MR) is 97.4 cm³/mol. The van der Waals surface area contributed by atoms with Gasteiger partial charge in [0.1, 0.15) is 5.75 Å². The van der Waals surface area contributed by atoms with Crippen LogP contribution in [0.4, 0.5) is 11.4 Å². The molecule has 2 N–H and O–H groups in total. The lowest BCUT2D eigenvalue weighted by atomic mass is 10.1. The molecule has 3 aliphatic rings. The molecule has 1 aliphatic carbocycles. The Bertz CT molecular complexity index is 949. The maximum absolute atomic E-state index is 12.6. The fourth-order valence-electron chi connectivity index (χ4n) is 3.71. The lowest BCUT2D eigenvalue weighted by Gasteiger charge is -2.21. The quantitative estimate of drug-likeness (QED) is 0.852. The molecule has 138 valence electrons. The Kier molecular flexibility index (Phi) is 3.50. The molecule has 0 atom stereocenters. The number of hydrogen-bond acceptors (Lipinski definition) is 5. The molecule has 0 radical (unpaired) electrons. The zero-order valence-electron chi connectivity index (χ0n) is 14.5. The standard InChI is InChI=1S/C20H18N2O5/c23-18-11-25-16-9-12(3-5-14(16)22-18)19(24)21-13-4-6-15-17(10-13)27-20(26-15)7-1-2-8-20/h3-6,9-10H,1-2,7-8,11H2,(H,21,24)(H,22,23). The Labute approximate surface area is 155 Å². The van der Waals surface area contributed by atoms with E-state index < -0.39 is 5.79 Å². The van der Waals surface area contributed by atoms with Crippen LogP contribution in [-0.2, 0) is 4.79 Å². The summed E-state index contributed by atoms with van der Waals surface area (Å²) in [5.41, 5.74) is 1.63. The van der Waals surface area contributed by atoms with E-state index in [0.29, 0.717) is 34.2 Å².